The Morgan fingerprint density at radius 1 is 1.47 bits per heavy atom. The van der Waals surface area contributed by atoms with Gasteiger partial charge in [-0.15, -0.1) is 0 Å². The first kappa shape index (κ1) is 17.6. The third-order valence-corrected chi connectivity index (χ3v) is 3.12. The molecule has 0 aliphatic heterocycles. The predicted molar refractivity (Wildman–Crippen MR) is 74.5 cm³/mol. The molecule has 7 heteroatoms. The first-order valence-corrected chi connectivity index (χ1v) is 7.84. The van der Waals surface area contributed by atoms with Gasteiger partial charge in [-0.05, 0) is 32.4 Å². The average molecular weight is 289 g/mol. The Bertz CT molecular complexity index is 439. The zero-order chi connectivity index (χ0) is 15.1. The fourth-order valence-electron chi connectivity index (χ4n) is 1.24. The molecule has 108 valence electrons. The Kier molecular flexibility index (Phi) is 7.34. The van der Waals surface area contributed by atoms with E-state index in [0.717, 1.165) is 0 Å². The van der Waals surface area contributed by atoms with Gasteiger partial charge in [-0.1, -0.05) is 13.5 Å². The number of hydrogen-bond acceptors (Lipinski definition) is 5. The molecule has 0 heterocycles. The van der Waals surface area contributed by atoms with E-state index in [4.69, 9.17) is 9.05 Å². The van der Waals surface area contributed by atoms with Crippen molar-refractivity contribution in [3.8, 4) is 0 Å². The van der Waals surface area contributed by atoms with Crippen LogP contribution >= 0.6 is 7.60 Å². The minimum atomic E-state index is -3.24. The van der Waals surface area contributed by atoms with Crippen molar-refractivity contribution in [2.24, 2.45) is 0 Å². The quantitative estimate of drug-likeness (QED) is 0.223. The van der Waals surface area contributed by atoms with E-state index in [1.54, 1.807) is 20.8 Å². The summed E-state index contributed by atoms with van der Waals surface area (Å²) >= 11 is 0. The highest BCUT2D eigenvalue weighted by atomic mass is 31.2. The minimum absolute atomic E-state index is 0.0512. The highest BCUT2D eigenvalue weighted by Crippen LogP contribution is 2.47. The Labute approximate surface area is 113 Å². The Hall–Kier alpha value is -1.39. The number of allylic oxidation sites excluding steroid dienone is 3. The molecular formula is C12H20NO5P. The van der Waals surface area contributed by atoms with Gasteiger partial charge in [0.2, 0.25) is 0 Å². The summed E-state index contributed by atoms with van der Waals surface area (Å²) < 4.78 is 22.0. The zero-order valence-electron chi connectivity index (χ0n) is 11.7. The van der Waals surface area contributed by atoms with E-state index in [9.17, 15) is 14.7 Å². The van der Waals surface area contributed by atoms with Crippen LogP contribution in [0, 0.1) is 10.1 Å². The van der Waals surface area contributed by atoms with Crippen molar-refractivity contribution in [3.05, 3.63) is 46.4 Å². The summed E-state index contributed by atoms with van der Waals surface area (Å²) in [6.07, 6.45) is 4.30. The van der Waals surface area contributed by atoms with Gasteiger partial charge in [-0.3, -0.25) is 14.6 Å². The average Bonchev–Trinajstić information content (AvgIpc) is 2.20. The van der Waals surface area contributed by atoms with Crippen LogP contribution in [0.3, 0.4) is 0 Å². The Balaban J connectivity index is 4.66. The smallest absolute Gasteiger partial charge is 0.376 e. The van der Waals surface area contributed by atoms with Gasteiger partial charge in [-0.25, -0.2) is 4.57 Å². The molecule has 0 aliphatic rings. The van der Waals surface area contributed by atoms with Crippen molar-refractivity contribution >= 4 is 7.60 Å². The van der Waals surface area contributed by atoms with E-state index in [1.807, 2.05) is 0 Å². The van der Waals surface area contributed by atoms with Gasteiger partial charge in [0.25, 0.3) is 5.70 Å². The maximum atomic E-state index is 11.9. The molecule has 0 amide bonds. The van der Waals surface area contributed by atoms with Crippen molar-refractivity contribution in [3.63, 3.8) is 0 Å². The molecule has 0 radical (unpaired) electrons. The number of hydrogen-bond donors (Lipinski definition) is 0. The second kappa shape index (κ2) is 7.92. The molecule has 0 spiro atoms. The van der Waals surface area contributed by atoms with Crippen LogP contribution in [0.1, 0.15) is 27.2 Å². The standard InChI is InChI=1S/C12H20NO5P/c1-6-7-12(13(14)15)9-8-11(4)18-19(5,16)17-10(2)3/h7-10H,4,6H2,1-3,5H3/b9-8-,12-7+. The first-order chi connectivity index (χ1) is 8.68. The molecule has 0 saturated carbocycles. The van der Waals surface area contributed by atoms with Crippen LogP contribution in [0.5, 0.6) is 0 Å². The molecule has 0 aromatic carbocycles. The molecule has 0 aromatic heterocycles. The number of nitrogens with zero attached hydrogens (tertiary/aromatic N) is 1. The van der Waals surface area contributed by atoms with E-state index in [0.29, 0.717) is 6.42 Å². The molecule has 0 saturated heterocycles. The lowest BCUT2D eigenvalue weighted by atomic mass is 10.3. The van der Waals surface area contributed by atoms with Crippen LogP contribution in [0.4, 0.5) is 0 Å². The molecular weight excluding hydrogens is 269 g/mol. The fraction of sp³-hybridized carbons (Fsp3) is 0.500. The van der Waals surface area contributed by atoms with Gasteiger partial charge >= 0.3 is 7.60 Å². The number of rotatable bonds is 8. The molecule has 6 nitrogen and oxygen atoms in total. The largest absolute Gasteiger partial charge is 0.425 e. The van der Waals surface area contributed by atoms with Crippen molar-refractivity contribution < 1.29 is 18.5 Å². The second-order valence-corrected chi connectivity index (χ2v) is 6.05. The topological polar surface area (TPSA) is 78.7 Å². The van der Waals surface area contributed by atoms with Crippen molar-refractivity contribution in [2.75, 3.05) is 6.66 Å². The molecule has 1 unspecified atom stereocenters. The van der Waals surface area contributed by atoms with E-state index < -0.39 is 12.5 Å². The van der Waals surface area contributed by atoms with Crippen molar-refractivity contribution in [2.45, 2.75) is 33.3 Å². The van der Waals surface area contributed by atoms with Crippen molar-refractivity contribution in [1.82, 2.24) is 0 Å². The molecule has 19 heavy (non-hydrogen) atoms. The summed E-state index contributed by atoms with van der Waals surface area (Å²) in [4.78, 5) is 10.2. The maximum Gasteiger partial charge on any atom is 0.376 e. The molecule has 0 rings (SSSR count). The van der Waals surface area contributed by atoms with Gasteiger partial charge < -0.3 is 4.52 Å². The first-order valence-electron chi connectivity index (χ1n) is 5.85. The van der Waals surface area contributed by atoms with E-state index in [2.05, 4.69) is 6.58 Å². The van der Waals surface area contributed by atoms with Crippen molar-refractivity contribution in [1.29, 1.82) is 0 Å². The third-order valence-electron chi connectivity index (χ3n) is 1.75. The normalized spacial score (nSPS) is 15.5. The Morgan fingerprint density at radius 3 is 2.47 bits per heavy atom. The van der Waals surface area contributed by atoms with Crippen LogP contribution in [-0.2, 0) is 13.6 Å². The molecule has 0 N–H and O–H groups in total. The minimum Gasteiger partial charge on any atom is -0.425 e. The van der Waals surface area contributed by atoms with Gasteiger partial charge in [0, 0.05) is 12.7 Å². The highest BCUT2D eigenvalue weighted by molar-refractivity contribution is 7.53. The molecule has 0 fully saturated rings. The van der Waals surface area contributed by atoms with Gasteiger partial charge in [0.15, 0.2) is 0 Å². The summed E-state index contributed by atoms with van der Waals surface area (Å²) in [6.45, 7) is 10.1. The number of nitro groups is 1. The van der Waals surface area contributed by atoms with Gasteiger partial charge in [0.05, 0.1) is 11.0 Å². The molecule has 0 bridgehead atoms. The molecule has 0 aliphatic carbocycles. The maximum absolute atomic E-state index is 11.9. The Morgan fingerprint density at radius 2 is 2.05 bits per heavy atom. The van der Waals surface area contributed by atoms with Crippen LogP contribution in [0.15, 0.2) is 36.3 Å². The van der Waals surface area contributed by atoms with Gasteiger partial charge in [-0.2, -0.15) is 0 Å². The summed E-state index contributed by atoms with van der Waals surface area (Å²) in [5.41, 5.74) is -0.0667. The monoisotopic (exact) mass is 289 g/mol. The van der Waals surface area contributed by atoms with Crippen LogP contribution in [0.2, 0.25) is 0 Å². The third kappa shape index (κ3) is 8.35. The second-order valence-electron chi connectivity index (χ2n) is 4.11. The predicted octanol–water partition coefficient (Wildman–Crippen LogP) is 3.89. The van der Waals surface area contributed by atoms with Crippen LogP contribution in [0.25, 0.3) is 0 Å². The summed E-state index contributed by atoms with van der Waals surface area (Å²) in [7, 11) is -3.24. The highest BCUT2D eigenvalue weighted by Gasteiger charge is 2.20. The summed E-state index contributed by atoms with van der Waals surface area (Å²) in [5.74, 6) is 0.0512. The van der Waals surface area contributed by atoms with Gasteiger partial charge in [0.1, 0.15) is 5.76 Å². The fourth-order valence-corrected chi connectivity index (χ4v) is 2.53. The van der Waals surface area contributed by atoms with Crippen LogP contribution in [-0.4, -0.2) is 17.7 Å². The SMILES string of the molecule is C=C(/C=C\C(=C/CC)[N+](=O)[O-])OP(C)(=O)OC(C)C. The van der Waals surface area contributed by atoms with E-state index in [1.165, 1.54) is 24.9 Å². The van der Waals surface area contributed by atoms with Crippen LogP contribution < -0.4 is 0 Å². The summed E-state index contributed by atoms with van der Waals surface area (Å²) in [5, 5.41) is 10.7. The zero-order valence-corrected chi connectivity index (χ0v) is 12.6. The molecule has 1 atom stereocenters. The molecule has 0 aromatic rings. The summed E-state index contributed by atoms with van der Waals surface area (Å²) in [6, 6.07) is 0. The van der Waals surface area contributed by atoms with E-state index in [-0.39, 0.29) is 17.6 Å². The van der Waals surface area contributed by atoms with E-state index >= 15 is 0 Å². The lowest BCUT2D eigenvalue weighted by Gasteiger charge is -2.17. The lowest BCUT2D eigenvalue weighted by Crippen LogP contribution is -2.01. The lowest BCUT2D eigenvalue weighted by molar-refractivity contribution is -0.419.